The van der Waals surface area contributed by atoms with E-state index in [9.17, 15) is 4.79 Å². The monoisotopic (exact) mass is 399 g/mol. The molecule has 0 N–H and O–H groups in total. The van der Waals surface area contributed by atoms with E-state index in [0.717, 1.165) is 36.0 Å². The third-order valence-corrected chi connectivity index (χ3v) is 6.55. The number of rotatable bonds is 4. The molecule has 1 saturated heterocycles. The van der Waals surface area contributed by atoms with Crippen LogP contribution in [0, 0.1) is 3.95 Å². The number of carbonyl (C=O) groups excluding carboxylic acids is 1. The number of halogens is 1. The van der Waals surface area contributed by atoms with E-state index in [1.165, 1.54) is 29.5 Å². The van der Waals surface area contributed by atoms with Crippen molar-refractivity contribution in [3.63, 3.8) is 0 Å². The second-order valence-electron chi connectivity index (χ2n) is 5.67. The summed E-state index contributed by atoms with van der Waals surface area (Å²) in [6, 6.07) is 7.39. The van der Waals surface area contributed by atoms with E-state index in [4.69, 9.17) is 23.8 Å². The molecule has 2 heterocycles. The van der Waals surface area contributed by atoms with E-state index in [1.807, 2.05) is 36.1 Å². The number of aromatic nitrogens is 2. The quantitative estimate of drug-likeness (QED) is 0.546. The van der Waals surface area contributed by atoms with Gasteiger partial charge in [-0.25, -0.2) is 4.68 Å². The number of thioether (sulfide) groups is 1. The van der Waals surface area contributed by atoms with Crippen LogP contribution < -0.4 is 0 Å². The predicted molar refractivity (Wildman–Crippen MR) is 103 cm³/mol. The Hall–Kier alpha value is -0.890. The van der Waals surface area contributed by atoms with E-state index in [-0.39, 0.29) is 11.2 Å². The number of hydrogen-bond donors (Lipinski definition) is 0. The van der Waals surface area contributed by atoms with Crippen molar-refractivity contribution >= 4 is 52.8 Å². The van der Waals surface area contributed by atoms with Gasteiger partial charge in [0.05, 0.1) is 10.9 Å². The molecule has 0 bridgehead atoms. The lowest BCUT2D eigenvalue weighted by Gasteiger charge is -2.28. The molecule has 2 aromatic rings. The number of amides is 1. The Balaban J connectivity index is 1.71. The van der Waals surface area contributed by atoms with Gasteiger partial charge in [0.25, 0.3) is 0 Å². The van der Waals surface area contributed by atoms with Crippen LogP contribution in [0.1, 0.15) is 26.2 Å². The molecule has 1 fully saturated rings. The first-order chi connectivity index (χ1) is 11.5. The summed E-state index contributed by atoms with van der Waals surface area (Å²) in [7, 11) is 0. The molecule has 0 radical (unpaired) electrons. The third kappa shape index (κ3) is 4.20. The van der Waals surface area contributed by atoms with Crippen LogP contribution in [0.4, 0.5) is 0 Å². The molecule has 0 spiro atoms. The average Bonchev–Trinajstić information content (AvgIpc) is 2.96. The van der Waals surface area contributed by atoms with Gasteiger partial charge >= 0.3 is 0 Å². The molecule has 8 heteroatoms. The number of hydrogen-bond acceptors (Lipinski definition) is 5. The topological polar surface area (TPSA) is 38.1 Å². The van der Waals surface area contributed by atoms with Gasteiger partial charge in [0.2, 0.25) is 5.91 Å². The van der Waals surface area contributed by atoms with E-state index >= 15 is 0 Å². The van der Waals surface area contributed by atoms with E-state index < -0.39 is 0 Å². The van der Waals surface area contributed by atoms with Gasteiger partial charge in [0, 0.05) is 18.1 Å². The maximum Gasteiger partial charge on any atom is 0.235 e. The van der Waals surface area contributed by atoms with Crippen LogP contribution in [-0.2, 0) is 4.79 Å². The highest BCUT2D eigenvalue weighted by Gasteiger charge is 2.24. The highest BCUT2D eigenvalue weighted by atomic mass is 35.5. The van der Waals surface area contributed by atoms with Gasteiger partial charge in [-0.3, -0.25) is 4.79 Å². The molecular weight excluding hydrogens is 382 g/mol. The van der Waals surface area contributed by atoms with E-state index in [0.29, 0.717) is 8.98 Å². The maximum atomic E-state index is 12.5. The lowest BCUT2D eigenvalue weighted by molar-refractivity contribution is -0.131. The summed E-state index contributed by atoms with van der Waals surface area (Å²) < 4.78 is 3.20. The first-order valence-electron chi connectivity index (χ1n) is 7.86. The number of nitrogens with zero attached hydrogens (tertiary/aromatic N) is 3. The first kappa shape index (κ1) is 17.9. The Morgan fingerprint density at radius 1 is 1.29 bits per heavy atom. The number of carbonyl (C=O) groups is 1. The van der Waals surface area contributed by atoms with Crippen molar-refractivity contribution in [3.05, 3.63) is 33.2 Å². The predicted octanol–water partition coefficient (Wildman–Crippen LogP) is 4.81. The summed E-state index contributed by atoms with van der Waals surface area (Å²) in [5, 5.41) is 5.08. The molecule has 0 saturated carbocycles. The lowest BCUT2D eigenvalue weighted by atomic mass is 10.1. The molecule has 128 valence electrons. The minimum absolute atomic E-state index is 0.151. The summed E-state index contributed by atoms with van der Waals surface area (Å²) in [5.74, 6) is 0.193. The Morgan fingerprint density at radius 2 is 1.96 bits per heavy atom. The van der Waals surface area contributed by atoms with Crippen LogP contribution >= 0.6 is 46.9 Å². The molecule has 1 atom stereocenters. The van der Waals surface area contributed by atoms with Crippen LogP contribution in [0.15, 0.2) is 28.6 Å². The molecule has 1 aromatic heterocycles. The van der Waals surface area contributed by atoms with Crippen molar-refractivity contribution in [2.45, 2.75) is 35.8 Å². The van der Waals surface area contributed by atoms with E-state index in [1.54, 1.807) is 4.68 Å². The molecule has 3 rings (SSSR count). The Kier molecular flexibility index (Phi) is 5.97. The minimum atomic E-state index is -0.151. The first-order valence-corrected chi connectivity index (χ1v) is 10.3. The van der Waals surface area contributed by atoms with Crippen molar-refractivity contribution in [3.8, 4) is 5.69 Å². The minimum Gasteiger partial charge on any atom is -0.342 e. The fourth-order valence-corrected chi connectivity index (χ4v) is 5.34. The molecule has 1 aliphatic heterocycles. The lowest BCUT2D eigenvalue weighted by Crippen LogP contribution is -2.40. The van der Waals surface area contributed by atoms with Crippen molar-refractivity contribution in [2.24, 2.45) is 0 Å². The number of piperidine rings is 1. The van der Waals surface area contributed by atoms with Crippen molar-refractivity contribution in [2.75, 3.05) is 13.1 Å². The summed E-state index contributed by atoms with van der Waals surface area (Å²) >= 11 is 14.2. The van der Waals surface area contributed by atoms with Gasteiger partial charge in [-0.05, 0) is 62.7 Å². The Labute approximate surface area is 159 Å². The number of likely N-dealkylation sites (tertiary alicyclic amines) is 1. The van der Waals surface area contributed by atoms with Crippen LogP contribution in [0.5, 0.6) is 0 Å². The van der Waals surface area contributed by atoms with Crippen molar-refractivity contribution in [1.82, 2.24) is 14.7 Å². The maximum absolute atomic E-state index is 12.5. The fourth-order valence-electron chi connectivity index (χ4n) is 2.63. The SMILES string of the molecule is C[C@@H](Sc1nn(-c2ccc(Cl)cc2)c(=S)s1)C(=O)N1CCCCC1. The molecule has 0 aliphatic carbocycles. The van der Waals surface area contributed by atoms with Gasteiger partial charge in [-0.15, -0.1) is 5.10 Å². The van der Waals surface area contributed by atoms with Crippen LogP contribution in [0.2, 0.25) is 5.02 Å². The molecule has 24 heavy (non-hydrogen) atoms. The molecule has 4 nitrogen and oxygen atoms in total. The Bertz CT molecular complexity index is 766. The highest BCUT2D eigenvalue weighted by Crippen LogP contribution is 2.29. The summed E-state index contributed by atoms with van der Waals surface area (Å²) in [5.41, 5.74) is 0.877. The fraction of sp³-hybridized carbons (Fsp3) is 0.438. The van der Waals surface area contributed by atoms with Gasteiger partial charge in [0.1, 0.15) is 0 Å². The van der Waals surface area contributed by atoms with Gasteiger partial charge in [0.15, 0.2) is 8.29 Å². The zero-order chi connectivity index (χ0) is 17.1. The van der Waals surface area contributed by atoms with E-state index in [2.05, 4.69) is 5.10 Å². The molecule has 1 amide bonds. The zero-order valence-corrected chi connectivity index (χ0v) is 16.5. The largest absolute Gasteiger partial charge is 0.342 e. The van der Waals surface area contributed by atoms with Crippen molar-refractivity contribution in [1.29, 1.82) is 0 Å². The molecule has 1 aromatic carbocycles. The van der Waals surface area contributed by atoms with Crippen LogP contribution in [-0.4, -0.2) is 38.9 Å². The van der Waals surface area contributed by atoms with Crippen LogP contribution in [0.25, 0.3) is 5.69 Å². The standard InChI is InChI=1S/C16H18ClN3OS3/c1-11(14(21)19-9-3-2-4-10-19)23-15-18-20(16(22)24-15)13-7-5-12(17)6-8-13/h5-8,11H,2-4,9-10H2,1H3/t11-/m1/s1. The normalized spacial score (nSPS) is 16.2. The van der Waals surface area contributed by atoms with Crippen molar-refractivity contribution < 1.29 is 4.79 Å². The average molecular weight is 400 g/mol. The molecule has 1 aliphatic rings. The summed E-state index contributed by atoms with van der Waals surface area (Å²) in [6.07, 6.45) is 3.43. The number of benzene rings is 1. The summed E-state index contributed by atoms with van der Waals surface area (Å²) in [6.45, 7) is 3.69. The van der Waals surface area contributed by atoms with Crippen LogP contribution in [0.3, 0.4) is 0 Å². The second kappa shape index (κ2) is 7.99. The molecular formula is C16H18ClN3OS3. The summed E-state index contributed by atoms with van der Waals surface area (Å²) in [4.78, 5) is 14.5. The van der Waals surface area contributed by atoms with Gasteiger partial charge in [-0.2, -0.15) is 0 Å². The zero-order valence-electron chi connectivity index (χ0n) is 13.3. The third-order valence-electron chi connectivity index (χ3n) is 3.89. The Morgan fingerprint density at radius 3 is 2.62 bits per heavy atom. The van der Waals surface area contributed by atoms with Gasteiger partial charge in [-0.1, -0.05) is 34.7 Å². The molecule has 0 unspecified atom stereocenters. The second-order valence-corrected chi connectivity index (χ2v) is 9.32. The highest BCUT2D eigenvalue weighted by molar-refractivity contribution is 8.02. The smallest absolute Gasteiger partial charge is 0.235 e. The van der Waals surface area contributed by atoms with Gasteiger partial charge < -0.3 is 4.90 Å².